The van der Waals surface area contributed by atoms with Gasteiger partial charge in [-0.1, -0.05) is 42.8 Å². The summed E-state index contributed by atoms with van der Waals surface area (Å²) < 4.78 is 5.18. The standard InChI is InChI=1S/C29H31N3O6/c1-6-32(27(36)23(17-33)31-28(37)38-29(3,4)5)25(21-12-14-24(34)18(2)15-21)26(35)30-22-13-11-19-9-7-8-10-20(19)16-22/h1,7-16,23,25,33-34H,17H2,2-5H3,(H,30,35)(H,31,37). The molecule has 0 radical (unpaired) electrons. The molecule has 9 nitrogen and oxygen atoms in total. The summed E-state index contributed by atoms with van der Waals surface area (Å²) in [6.07, 6.45) is 4.78. The molecule has 0 fully saturated rings. The van der Waals surface area contributed by atoms with Gasteiger partial charge in [0.05, 0.1) is 6.61 Å². The van der Waals surface area contributed by atoms with E-state index in [4.69, 9.17) is 11.2 Å². The maximum Gasteiger partial charge on any atom is 0.408 e. The van der Waals surface area contributed by atoms with Crippen molar-refractivity contribution in [2.24, 2.45) is 0 Å². The van der Waals surface area contributed by atoms with E-state index in [1.165, 1.54) is 18.2 Å². The minimum Gasteiger partial charge on any atom is -0.508 e. The van der Waals surface area contributed by atoms with Crippen molar-refractivity contribution < 1.29 is 29.3 Å². The van der Waals surface area contributed by atoms with E-state index in [0.29, 0.717) is 16.8 Å². The number of phenols is 1. The van der Waals surface area contributed by atoms with Crippen molar-refractivity contribution in [3.8, 4) is 18.2 Å². The molecule has 3 amide bonds. The number of ether oxygens (including phenoxy) is 1. The number of amides is 3. The van der Waals surface area contributed by atoms with E-state index in [2.05, 4.69) is 16.7 Å². The van der Waals surface area contributed by atoms with Crippen LogP contribution in [-0.2, 0) is 14.3 Å². The summed E-state index contributed by atoms with van der Waals surface area (Å²) in [5.74, 6) is -1.53. The molecule has 0 spiro atoms. The predicted octanol–water partition coefficient (Wildman–Crippen LogP) is 3.84. The van der Waals surface area contributed by atoms with E-state index in [-0.39, 0.29) is 5.75 Å². The molecule has 3 rings (SSSR count). The Bertz CT molecular complexity index is 1390. The second-order valence-electron chi connectivity index (χ2n) is 9.72. The summed E-state index contributed by atoms with van der Waals surface area (Å²) in [5, 5.41) is 26.9. The fourth-order valence-corrected chi connectivity index (χ4v) is 3.81. The summed E-state index contributed by atoms with van der Waals surface area (Å²) >= 11 is 0. The van der Waals surface area contributed by atoms with Gasteiger partial charge in [0.25, 0.3) is 11.8 Å². The van der Waals surface area contributed by atoms with Crippen LogP contribution < -0.4 is 10.6 Å². The van der Waals surface area contributed by atoms with Crippen molar-refractivity contribution in [2.45, 2.75) is 45.4 Å². The van der Waals surface area contributed by atoms with Crippen LogP contribution in [0, 0.1) is 19.4 Å². The first-order valence-electron chi connectivity index (χ1n) is 11.9. The van der Waals surface area contributed by atoms with Crippen LogP contribution in [0.5, 0.6) is 5.75 Å². The highest BCUT2D eigenvalue weighted by molar-refractivity contribution is 6.01. The number of phenolic OH excluding ortho intramolecular Hbond substituents is 1. The fourth-order valence-electron chi connectivity index (χ4n) is 3.81. The Balaban J connectivity index is 1.96. The lowest BCUT2D eigenvalue weighted by Crippen LogP contribution is -2.52. The van der Waals surface area contributed by atoms with Crippen molar-refractivity contribution in [2.75, 3.05) is 11.9 Å². The number of carbonyl (C=O) groups excluding carboxylic acids is 3. The molecular formula is C29H31N3O6. The first kappa shape index (κ1) is 28.0. The van der Waals surface area contributed by atoms with Crippen LogP contribution in [-0.4, -0.2) is 51.3 Å². The third-order valence-corrected chi connectivity index (χ3v) is 5.61. The number of aliphatic hydroxyl groups is 1. The Morgan fingerprint density at radius 3 is 2.34 bits per heavy atom. The lowest BCUT2D eigenvalue weighted by atomic mass is 10.0. The van der Waals surface area contributed by atoms with Crippen LogP contribution in [0.3, 0.4) is 0 Å². The van der Waals surface area contributed by atoms with Gasteiger partial charge in [0.15, 0.2) is 0 Å². The van der Waals surface area contributed by atoms with Crippen LogP contribution in [0.15, 0.2) is 60.7 Å². The zero-order valence-corrected chi connectivity index (χ0v) is 21.7. The smallest absolute Gasteiger partial charge is 0.408 e. The highest BCUT2D eigenvalue weighted by atomic mass is 16.6. The quantitative estimate of drug-likeness (QED) is 0.279. The first-order valence-corrected chi connectivity index (χ1v) is 11.9. The van der Waals surface area contributed by atoms with Gasteiger partial charge in [-0.05, 0) is 73.9 Å². The van der Waals surface area contributed by atoms with Gasteiger partial charge in [0.2, 0.25) is 0 Å². The zero-order valence-electron chi connectivity index (χ0n) is 21.7. The van der Waals surface area contributed by atoms with E-state index in [9.17, 15) is 24.6 Å². The second-order valence-corrected chi connectivity index (χ2v) is 9.72. The molecule has 0 aromatic heterocycles. The van der Waals surface area contributed by atoms with E-state index in [1.54, 1.807) is 39.8 Å². The predicted molar refractivity (Wildman–Crippen MR) is 144 cm³/mol. The Kier molecular flexibility index (Phi) is 8.61. The Morgan fingerprint density at radius 2 is 1.74 bits per heavy atom. The molecule has 0 saturated carbocycles. The van der Waals surface area contributed by atoms with Crippen LogP contribution in [0.1, 0.15) is 37.9 Å². The lowest BCUT2D eigenvalue weighted by molar-refractivity contribution is -0.137. The number of fused-ring (bicyclic) bond motifs is 1. The number of anilines is 1. The van der Waals surface area contributed by atoms with Gasteiger partial charge in [0.1, 0.15) is 23.4 Å². The minimum absolute atomic E-state index is 0.000786. The van der Waals surface area contributed by atoms with Crippen LogP contribution in [0.4, 0.5) is 10.5 Å². The molecule has 198 valence electrons. The highest BCUT2D eigenvalue weighted by Gasteiger charge is 2.36. The first-order chi connectivity index (χ1) is 17.9. The summed E-state index contributed by atoms with van der Waals surface area (Å²) in [6, 6.07) is 16.8. The maximum atomic E-state index is 13.6. The monoisotopic (exact) mass is 517 g/mol. The molecule has 4 N–H and O–H groups in total. The number of alkyl carbamates (subject to hydrolysis) is 1. The number of hydrogen-bond donors (Lipinski definition) is 4. The number of hydrogen-bond acceptors (Lipinski definition) is 6. The molecule has 0 bridgehead atoms. The van der Waals surface area contributed by atoms with Crippen LogP contribution in [0.25, 0.3) is 10.8 Å². The highest BCUT2D eigenvalue weighted by Crippen LogP contribution is 2.28. The molecule has 0 heterocycles. The number of nitrogens with zero attached hydrogens (tertiary/aromatic N) is 1. The molecule has 0 aliphatic heterocycles. The molecule has 0 saturated heterocycles. The average Bonchev–Trinajstić information content (AvgIpc) is 2.86. The fraction of sp³-hybridized carbons (Fsp3) is 0.276. The van der Waals surface area contributed by atoms with Gasteiger partial charge in [-0.15, -0.1) is 0 Å². The molecule has 3 aromatic carbocycles. The van der Waals surface area contributed by atoms with Gasteiger partial charge in [-0.3, -0.25) is 14.5 Å². The topological polar surface area (TPSA) is 128 Å². The number of rotatable bonds is 7. The van der Waals surface area contributed by atoms with Gasteiger partial charge >= 0.3 is 6.09 Å². The maximum absolute atomic E-state index is 13.6. The number of aliphatic hydroxyl groups excluding tert-OH is 1. The van der Waals surface area contributed by atoms with E-state index >= 15 is 0 Å². The largest absolute Gasteiger partial charge is 0.508 e. The van der Waals surface area contributed by atoms with Crippen molar-refractivity contribution in [3.05, 3.63) is 71.8 Å². The summed E-state index contributed by atoms with van der Waals surface area (Å²) in [7, 11) is 0. The van der Waals surface area contributed by atoms with Crippen LogP contribution >= 0.6 is 0 Å². The van der Waals surface area contributed by atoms with E-state index < -0.39 is 42.2 Å². The summed E-state index contributed by atoms with van der Waals surface area (Å²) in [4.78, 5) is 40.1. The molecule has 2 atom stereocenters. The lowest BCUT2D eigenvalue weighted by Gasteiger charge is -2.30. The normalized spacial score (nSPS) is 12.6. The number of carbonyl (C=O) groups is 3. The molecule has 0 aliphatic rings. The Labute approximate surface area is 221 Å². The summed E-state index contributed by atoms with van der Waals surface area (Å²) in [5.41, 5.74) is 0.411. The van der Waals surface area contributed by atoms with Gasteiger partial charge in [-0.25, -0.2) is 4.79 Å². The Hall–Kier alpha value is -4.55. The third-order valence-electron chi connectivity index (χ3n) is 5.61. The van der Waals surface area contributed by atoms with Crippen molar-refractivity contribution in [1.82, 2.24) is 10.2 Å². The average molecular weight is 518 g/mol. The van der Waals surface area contributed by atoms with E-state index in [0.717, 1.165) is 15.7 Å². The number of aryl methyl sites for hydroxylation is 1. The Morgan fingerprint density at radius 1 is 1.05 bits per heavy atom. The molecule has 3 aromatic rings. The number of aromatic hydroxyl groups is 1. The number of terminal acetylenes is 1. The van der Waals surface area contributed by atoms with E-state index in [1.807, 2.05) is 30.3 Å². The SMILES string of the molecule is C#CN(C(=O)C(CO)NC(=O)OC(C)(C)C)C(C(=O)Nc1ccc2ccccc2c1)c1ccc(O)c(C)c1. The number of benzene rings is 3. The summed E-state index contributed by atoms with van der Waals surface area (Å²) in [6.45, 7) is 5.80. The zero-order chi connectivity index (χ0) is 28.0. The molecule has 38 heavy (non-hydrogen) atoms. The van der Waals surface area contributed by atoms with Gasteiger partial charge < -0.3 is 25.6 Å². The molecule has 9 heteroatoms. The van der Waals surface area contributed by atoms with Crippen molar-refractivity contribution in [3.63, 3.8) is 0 Å². The molecular weight excluding hydrogens is 486 g/mol. The van der Waals surface area contributed by atoms with Crippen molar-refractivity contribution >= 4 is 34.4 Å². The van der Waals surface area contributed by atoms with Gasteiger partial charge in [-0.2, -0.15) is 0 Å². The van der Waals surface area contributed by atoms with Crippen molar-refractivity contribution in [1.29, 1.82) is 0 Å². The number of nitrogens with one attached hydrogen (secondary N) is 2. The molecule has 0 aliphatic carbocycles. The molecule has 2 unspecified atom stereocenters. The third kappa shape index (κ3) is 6.81. The van der Waals surface area contributed by atoms with Crippen LogP contribution in [0.2, 0.25) is 0 Å². The second kappa shape index (κ2) is 11.7. The van der Waals surface area contributed by atoms with Gasteiger partial charge in [0, 0.05) is 11.7 Å². The minimum atomic E-state index is -1.48.